The molecular weight excluding hydrogens is 563 g/mol. The normalized spacial score (nSPS) is 13.6. The minimum absolute atomic E-state index is 0.0468. The highest BCUT2D eigenvalue weighted by Crippen LogP contribution is 2.35. The van der Waals surface area contributed by atoms with Crippen LogP contribution >= 0.6 is 0 Å². The molecule has 0 unspecified atom stereocenters. The molecule has 7 aromatic rings. The van der Waals surface area contributed by atoms with Gasteiger partial charge in [0.1, 0.15) is 17.3 Å². The molecule has 5 aromatic carbocycles. The SMILES string of the molecule is Nc1cc(-c2cn(C3=NN(Cc4cccc5ccc6c7ccccc7ccc6c45)C(=O)CC3)nc2-c2ccc(F)cc2)ccn1. The number of fused-ring (bicyclic) bond motifs is 5. The summed E-state index contributed by atoms with van der Waals surface area (Å²) < 4.78 is 15.5. The maximum absolute atomic E-state index is 13.8. The molecule has 1 aliphatic heterocycles. The fraction of sp³-hybridized carbons (Fsp3) is 0.0811. The van der Waals surface area contributed by atoms with Gasteiger partial charge in [-0.25, -0.2) is 19.1 Å². The summed E-state index contributed by atoms with van der Waals surface area (Å²) in [6.07, 6.45) is 4.27. The molecule has 45 heavy (non-hydrogen) atoms. The van der Waals surface area contributed by atoms with Gasteiger partial charge in [-0.15, -0.1) is 0 Å². The van der Waals surface area contributed by atoms with Crippen molar-refractivity contribution < 1.29 is 9.18 Å². The van der Waals surface area contributed by atoms with Crippen molar-refractivity contribution in [1.82, 2.24) is 19.8 Å². The lowest BCUT2D eigenvalue weighted by Crippen LogP contribution is -2.33. The van der Waals surface area contributed by atoms with Crippen LogP contribution in [0, 0.1) is 5.82 Å². The molecule has 0 saturated heterocycles. The molecule has 8 heteroatoms. The topological polar surface area (TPSA) is 89.4 Å². The highest BCUT2D eigenvalue weighted by Gasteiger charge is 2.25. The fourth-order valence-electron chi connectivity index (χ4n) is 6.28. The Kier molecular flexibility index (Phi) is 6.34. The van der Waals surface area contributed by atoms with Crippen molar-refractivity contribution in [2.75, 3.05) is 5.73 Å². The van der Waals surface area contributed by atoms with E-state index in [0.717, 1.165) is 38.4 Å². The molecular formula is C37H27FN6O. The van der Waals surface area contributed by atoms with Crippen LogP contribution in [0.25, 0.3) is 54.7 Å². The summed E-state index contributed by atoms with van der Waals surface area (Å²) in [4.78, 5) is 17.4. The largest absolute Gasteiger partial charge is 0.384 e. The van der Waals surface area contributed by atoms with E-state index in [0.29, 0.717) is 36.7 Å². The molecule has 0 bridgehead atoms. The highest BCUT2D eigenvalue weighted by molar-refractivity contribution is 6.18. The number of carbonyl (C=O) groups is 1. The lowest BCUT2D eigenvalue weighted by atomic mass is 9.94. The summed E-state index contributed by atoms with van der Waals surface area (Å²) in [6.45, 7) is 0.325. The quantitative estimate of drug-likeness (QED) is 0.212. The van der Waals surface area contributed by atoms with E-state index in [9.17, 15) is 9.18 Å². The first-order valence-corrected chi connectivity index (χ1v) is 14.8. The number of nitrogens with two attached hydrogens (primary N) is 1. The van der Waals surface area contributed by atoms with Gasteiger partial charge in [0.15, 0.2) is 5.84 Å². The molecule has 2 aromatic heterocycles. The molecule has 0 saturated carbocycles. The Hall–Kier alpha value is -5.89. The van der Waals surface area contributed by atoms with Gasteiger partial charge >= 0.3 is 0 Å². The maximum atomic E-state index is 13.8. The van der Waals surface area contributed by atoms with Crippen LogP contribution in [0.5, 0.6) is 0 Å². The van der Waals surface area contributed by atoms with Crippen LogP contribution in [0.3, 0.4) is 0 Å². The molecule has 218 valence electrons. The standard InChI is InChI=1S/C37H27FN6O/c38-28-12-8-25(9-13-28)37-32(26-18-19-40-33(39)20-26)22-43(42-37)34-16-17-35(45)44(41-34)21-27-6-3-5-24-11-14-30-29-7-2-1-4-23(29)10-15-31(30)36(24)27/h1-15,18-20,22H,16-17,21H2,(H2,39,40). The van der Waals surface area contributed by atoms with Gasteiger partial charge in [-0.05, 0) is 79.8 Å². The number of hydrazone groups is 1. The number of anilines is 1. The van der Waals surface area contributed by atoms with E-state index in [-0.39, 0.29) is 11.7 Å². The number of nitrogen functional groups attached to an aromatic ring is 1. The van der Waals surface area contributed by atoms with E-state index >= 15 is 0 Å². The second kappa shape index (κ2) is 10.7. The Morgan fingerprint density at radius 2 is 1.58 bits per heavy atom. The first kappa shape index (κ1) is 26.7. The Morgan fingerprint density at radius 3 is 2.44 bits per heavy atom. The van der Waals surface area contributed by atoms with Gasteiger partial charge in [-0.2, -0.15) is 10.2 Å². The van der Waals surface area contributed by atoms with Crippen molar-refractivity contribution in [3.05, 3.63) is 127 Å². The van der Waals surface area contributed by atoms with Gasteiger partial charge in [0.25, 0.3) is 0 Å². The number of benzene rings is 5. The minimum Gasteiger partial charge on any atom is -0.384 e. The average Bonchev–Trinajstić information content (AvgIpc) is 3.51. The van der Waals surface area contributed by atoms with Crippen LogP contribution in [-0.2, 0) is 11.3 Å². The van der Waals surface area contributed by atoms with Gasteiger partial charge in [0.2, 0.25) is 5.91 Å². The van der Waals surface area contributed by atoms with Gasteiger partial charge < -0.3 is 5.73 Å². The van der Waals surface area contributed by atoms with Crippen LogP contribution in [0.1, 0.15) is 18.4 Å². The number of aromatic nitrogens is 3. The molecule has 0 radical (unpaired) electrons. The van der Waals surface area contributed by atoms with Crippen molar-refractivity contribution in [1.29, 1.82) is 0 Å². The van der Waals surface area contributed by atoms with Gasteiger partial charge in [0, 0.05) is 36.4 Å². The maximum Gasteiger partial charge on any atom is 0.243 e. The zero-order valence-electron chi connectivity index (χ0n) is 24.2. The third-order valence-electron chi connectivity index (χ3n) is 8.45. The molecule has 8 rings (SSSR count). The average molecular weight is 591 g/mol. The van der Waals surface area contributed by atoms with Crippen molar-refractivity contribution >= 4 is 49.9 Å². The fourth-order valence-corrected chi connectivity index (χ4v) is 6.28. The highest BCUT2D eigenvalue weighted by atomic mass is 19.1. The summed E-state index contributed by atoms with van der Waals surface area (Å²) in [5, 5.41) is 18.2. The number of carbonyl (C=O) groups excluding carboxylic acids is 1. The minimum atomic E-state index is -0.326. The molecule has 0 atom stereocenters. The van der Waals surface area contributed by atoms with Crippen molar-refractivity contribution in [3.8, 4) is 22.4 Å². The van der Waals surface area contributed by atoms with Gasteiger partial charge in [-0.1, -0.05) is 66.7 Å². The number of hydrogen-bond acceptors (Lipinski definition) is 5. The van der Waals surface area contributed by atoms with E-state index in [1.807, 2.05) is 18.3 Å². The Bertz CT molecular complexity index is 2310. The molecule has 0 fully saturated rings. The third kappa shape index (κ3) is 4.77. The second-order valence-corrected chi connectivity index (χ2v) is 11.2. The summed E-state index contributed by atoms with van der Waals surface area (Å²) in [5.74, 6) is 0.651. The number of pyridine rings is 1. The van der Waals surface area contributed by atoms with Gasteiger partial charge in [-0.3, -0.25) is 4.79 Å². The van der Waals surface area contributed by atoms with E-state index in [4.69, 9.17) is 15.9 Å². The zero-order valence-corrected chi connectivity index (χ0v) is 24.2. The molecule has 1 amide bonds. The van der Waals surface area contributed by atoms with Gasteiger partial charge in [0.05, 0.1) is 6.54 Å². The van der Waals surface area contributed by atoms with E-state index < -0.39 is 0 Å². The predicted molar refractivity (Wildman–Crippen MR) is 177 cm³/mol. The van der Waals surface area contributed by atoms with Crippen LogP contribution in [0.15, 0.2) is 121 Å². The number of hydrogen-bond donors (Lipinski definition) is 1. The third-order valence-corrected chi connectivity index (χ3v) is 8.45. The van der Waals surface area contributed by atoms with E-state index in [1.54, 1.807) is 34.1 Å². The monoisotopic (exact) mass is 590 g/mol. The van der Waals surface area contributed by atoms with Crippen molar-refractivity contribution in [2.24, 2.45) is 5.10 Å². The number of halogens is 1. The summed E-state index contributed by atoms with van der Waals surface area (Å²) in [5.41, 5.74) is 10.1. The van der Waals surface area contributed by atoms with Crippen LogP contribution in [-0.4, -0.2) is 31.5 Å². The van der Waals surface area contributed by atoms with Crippen LogP contribution in [0.2, 0.25) is 0 Å². The number of rotatable bonds is 4. The first-order chi connectivity index (χ1) is 22.0. The molecule has 3 heterocycles. The van der Waals surface area contributed by atoms with Crippen molar-refractivity contribution in [2.45, 2.75) is 19.4 Å². The smallest absolute Gasteiger partial charge is 0.243 e. The van der Waals surface area contributed by atoms with Crippen LogP contribution in [0.4, 0.5) is 10.2 Å². The molecule has 0 aliphatic carbocycles. The molecule has 2 N–H and O–H groups in total. The molecule has 1 aliphatic rings. The van der Waals surface area contributed by atoms with Crippen molar-refractivity contribution in [3.63, 3.8) is 0 Å². The van der Waals surface area contributed by atoms with Crippen LogP contribution < -0.4 is 5.73 Å². The predicted octanol–water partition coefficient (Wildman–Crippen LogP) is 7.78. The first-order valence-electron chi connectivity index (χ1n) is 14.8. The lowest BCUT2D eigenvalue weighted by molar-refractivity contribution is -0.132. The number of amides is 1. The molecule has 0 spiro atoms. The Morgan fingerprint density at radius 1 is 0.778 bits per heavy atom. The summed E-state index contributed by atoms with van der Waals surface area (Å²) in [6, 6.07) is 33.1. The zero-order chi connectivity index (χ0) is 30.5. The second-order valence-electron chi connectivity index (χ2n) is 11.2. The van der Waals surface area contributed by atoms with E-state index in [2.05, 4.69) is 65.6 Å². The van der Waals surface area contributed by atoms with E-state index in [1.165, 1.54) is 28.3 Å². The Labute approximate surface area is 258 Å². The molecule has 7 nitrogen and oxygen atoms in total. The lowest BCUT2D eigenvalue weighted by Gasteiger charge is -2.24. The number of nitrogens with zero attached hydrogens (tertiary/aromatic N) is 5. The Balaban J connectivity index is 1.22. The summed E-state index contributed by atoms with van der Waals surface area (Å²) in [7, 11) is 0. The summed E-state index contributed by atoms with van der Waals surface area (Å²) >= 11 is 0.